The molecule has 4 rings (SSSR count). The Kier molecular flexibility index (Phi) is 8.37. The first kappa shape index (κ1) is 25.9. The van der Waals surface area contributed by atoms with Crippen molar-refractivity contribution in [3.63, 3.8) is 0 Å². The van der Waals surface area contributed by atoms with Crippen molar-refractivity contribution in [2.24, 2.45) is 23.7 Å². The molecule has 0 amide bonds. The van der Waals surface area contributed by atoms with Crippen LogP contribution in [-0.2, 0) is 22.7 Å². The average Bonchev–Trinajstić information content (AvgIpc) is 2.84. The minimum atomic E-state index is -3.51. The first-order valence-electron chi connectivity index (χ1n) is 13.6. The highest BCUT2D eigenvalue weighted by Gasteiger charge is 2.22. The van der Waals surface area contributed by atoms with Gasteiger partial charge in [0.1, 0.15) is 0 Å². The maximum atomic E-state index is 13.2. The molecule has 2 aromatic carbocycles. The van der Waals surface area contributed by atoms with Crippen LogP contribution in [0.15, 0.2) is 81.6 Å². The fourth-order valence-electron chi connectivity index (χ4n) is 6.12. The van der Waals surface area contributed by atoms with Crippen molar-refractivity contribution in [2.75, 3.05) is 0 Å². The number of hydrogen-bond acceptors (Lipinski definition) is 2. The fraction of sp³-hybridized carbons (Fsp3) is 0.500. The summed E-state index contributed by atoms with van der Waals surface area (Å²) in [7, 11) is -3.51. The summed E-state index contributed by atoms with van der Waals surface area (Å²) in [5, 5.41) is 0. The molecule has 0 N–H and O–H groups in total. The summed E-state index contributed by atoms with van der Waals surface area (Å²) in [5.41, 5.74) is 5.46. The second kappa shape index (κ2) is 11.3. The van der Waals surface area contributed by atoms with Gasteiger partial charge in [-0.15, -0.1) is 0 Å². The molecule has 0 aromatic heterocycles. The molecule has 0 heterocycles. The Balaban J connectivity index is 1.42. The van der Waals surface area contributed by atoms with Crippen LogP contribution in [0.25, 0.3) is 0 Å². The number of rotatable bonds is 6. The quantitative estimate of drug-likeness (QED) is 0.381. The molecule has 2 aromatic rings. The Hall–Kier alpha value is -2.13. The molecule has 2 saturated carbocycles. The van der Waals surface area contributed by atoms with Gasteiger partial charge in [0.25, 0.3) is 0 Å². The van der Waals surface area contributed by atoms with E-state index in [0.717, 1.165) is 24.0 Å². The lowest BCUT2D eigenvalue weighted by molar-refractivity contribution is 0.402. The zero-order valence-electron chi connectivity index (χ0n) is 22.0. The summed E-state index contributed by atoms with van der Waals surface area (Å²) in [6, 6.07) is 14.9. The van der Waals surface area contributed by atoms with Gasteiger partial charge in [0.05, 0.1) is 9.79 Å². The normalized spacial score (nSPS) is 25.4. The van der Waals surface area contributed by atoms with E-state index in [-0.39, 0.29) is 0 Å². The van der Waals surface area contributed by atoms with Gasteiger partial charge in [-0.05, 0) is 97.6 Å². The standard InChI is InChI=1S/C32H42O2S/c1-23-7-5-8-24(2)31(23)21-15-27-11-17-29(18-12-27)35(33,34)30-19-13-28(14-20-30)16-22-32-25(3)9-6-10-26(32)4/h11-14,17-26H,5-10,15-16H2,1-4H3. The lowest BCUT2D eigenvalue weighted by Gasteiger charge is -2.28. The summed E-state index contributed by atoms with van der Waals surface area (Å²) in [6.07, 6.45) is 14.2. The van der Waals surface area contributed by atoms with E-state index < -0.39 is 9.84 Å². The van der Waals surface area contributed by atoms with Gasteiger partial charge in [-0.3, -0.25) is 0 Å². The predicted octanol–water partition coefficient (Wildman–Crippen LogP) is 8.37. The van der Waals surface area contributed by atoms with Crippen molar-refractivity contribution in [3.8, 4) is 0 Å². The highest BCUT2D eigenvalue weighted by Crippen LogP contribution is 2.35. The Morgan fingerprint density at radius 2 is 0.914 bits per heavy atom. The van der Waals surface area contributed by atoms with Crippen molar-refractivity contribution >= 4 is 9.84 Å². The topological polar surface area (TPSA) is 34.1 Å². The summed E-state index contributed by atoms with van der Waals surface area (Å²) in [5.74, 6) is 2.64. The van der Waals surface area contributed by atoms with Crippen LogP contribution in [-0.4, -0.2) is 8.42 Å². The van der Waals surface area contributed by atoms with Crippen molar-refractivity contribution in [2.45, 2.75) is 88.9 Å². The van der Waals surface area contributed by atoms with E-state index in [1.807, 2.05) is 24.3 Å². The second-order valence-electron chi connectivity index (χ2n) is 11.1. The van der Waals surface area contributed by atoms with E-state index in [2.05, 4.69) is 39.8 Å². The van der Waals surface area contributed by atoms with Gasteiger partial charge in [-0.2, -0.15) is 0 Å². The van der Waals surface area contributed by atoms with Gasteiger partial charge in [0.2, 0.25) is 9.84 Å². The highest BCUT2D eigenvalue weighted by molar-refractivity contribution is 7.91. The van der Waals surface area contributed by atoms with Gasteiger partial charge >= 0.3 is 0 Å². The van der Waals surface area contributed by atoms with Gasteiger partial charge in [0.15, 0.2) is 0 Å². The second-order valence-corrected chi connectivity index (χ2v) is 13.0. The van der Waals surface area contributed by atoms with Crippen LogP contribution in [0.4, 0.5) is 0 Å². The maximum absolute atomic E-state index is 13.2. The molecular formula is C32H42O2S. The van der Waals surface area contributed by atoms with E-state index in [1.54, 1.807) is 35.4 Å². The molecule has 0 bridgehead atoms. The van der Waals surface area contributed by atoms with Gasteiger partial charge < -0.3 is 0 Å². The molecular weight excluding hydrogens is 448 g/mol. The molecule has 2 fully saturated rings. The molecule has 188 valence electrons. The maximum Gasteiger partial charge on any atom is 0.206 e. The van der Waals surface area contributed by atoms with Gasteiger partial charge in [-0.25, -0.2) is 8.42 Å². The monoisotopic (exact) mass is 490 g/mol. The van der Waals surface area contributed by atoms with E-state index in [0.29, 0.717) is 33.5 Å². The molecule has 4 unspecified atom stereocenters. The van der Waals surface area contributed by atoms with Gasteiger partial charge in [-0.1, -0.05) is 88.1 Å². The Morgan fingerprint density at radius 3 is 1.23 bits per heavy atom. The van der Waals surface area contributed by atoms with Gasteiger partial charge in [0, 0.05) is 0 Å². The van der Waals surface area contributed by atoms with E-state index >= 15 is 0 Å². The minimum absolute atomic E-state index is 0.369. The third-order valence-electron chi connectivity index (χ3n) is 8.44. The van der Waals surface area contributed by atoms with Crippen LogP contribution in [0.5, 0.6) is 0 Å². The Morgan fingerprint density at radius 1 is 0.600 bits per heavy atom. The minimum Gasteiger partial charge on any atom is -0.219 e. The smallest absolute Gasteiger partial charge is 0.206 e. The number of sulfone groups is 1. The molecule has 35 heavy (non-hydrogen) atoms. The largest absolute Gasteiger partial charge is 0.219 e. The predicted molar refractivity (Wildman–Crippen MR) is 146 cm³/mol. The molecule has 0 spiro atoms. The Labute approximate surface area is 213 Å². The third-order valence-corrected chi connectivity index (χ3v) is 10.2. The summed E-state index contributed by atoms with van der Waals surface area (Å²) >= 11 is 0. The average molecular weight is 491 g/mol. The molecule has 2 aliphatic rings. The zero-order valence-corrected chi connectivity index (χ0v) is 22.8. The lowest BCUT2D eigenvalue weighted by Crippen LogP contribution is -2.15. The molecule has 2 aliphatic carbocycles. The van der Waals surface area contributed by atoms with Crippen LogP contribution in [0.2, 0.25) is 0 Å². The molecule has 3 heteroatoms. The van der Waals surface area contributed by atoms with Crippen LogP contribution >= 0.6 is 0 Å². The summed E-state index contributed by atoms with van der Waals surface area (Å²) in [6.45, 7) is 9.32. The van der Waals surface area contributed by atoms with E-state index in [9.17, 15) is 8.42 Å². The molecule has 0 radical (unpaired) electrons. The fourth-order valence-corrected chi connectivity index (χ4v) is 7.38. The van der Waals surface area contributed by atoms with Crippen molar-refractivity contribution in [1.29, 1.82) is 0 Å². The number of hydrogen-bond donors (Lipinski definition) is 0. The molecule has 0 saturated heterocycles. The first-order chi connectivity index (χ1) is 16.8. The summed E-state index contributed by atoms with van der Waals surface area (Å²) in [4.78, 5) is 0.737. The van der Waals surface area contributed by atoms with Crippen molar-refractivity contribution < 1.29 is 8.42 Å². The SMILES string of the molecule is CC1CCCC(C)C1=CCc1ccc(S(=O)(=O)c2ccc(CC=C3C(C)CCCC3C)cc2)cc1. The van der Waals surface area contributed by atoms with Crippen LogP contribution in [0.1, 0.15) is 77.3 Å². The van der Waals surface area contributed by atoms with Crippen molar-refractivity contribution in [1.82, 2.24) is 0 Å². The number of allylic oxidation sites excluding steroid dienone is 4. The van der Waals surface area contributed by atoms with E-state index in [4.69, 9.17) is 0 Å². The number of benzene rings is 2. The van der Waals surface area contributed by atoms with Crippen LogP contribution < -0.4 is 0 Å². The molecule has 0 aliphatic heterocycles. The van der Waals surface area contributed by atoms with E-state index in [1.165, 1.54) is 38.5 Å². The lowest BCUT2D eigenvalue weighted by atomic mass is 9.78. The van der Waals surface area contributed by atoms with Crippen LogP contribution in [0.3, 0.4) is 0 Å². The third kappa shape index (κ3) is 6.17. The molecule has 4 atom stereocenters. The summed E-state index contributed by atoms with van der Waals surface area (Å²) < 4.78 is 26.4. The zero-order chi connectivity index (χ0) is 25.0. The molecule has 2 nitrogen and oxygen atoms in total. The highest BCUT2D eigenvalue weighted by atomic mass is 32.2. The van der Waals surface area contributed by atoms with Crippen molar-refractivity contribution in [3.05, 3.63) is 83.0 Å². The Bertz CT molecular complexity index is 1040. The van der Waals surface area contributed by atoms with Crippen LogP contribution in [0, 0.1) is 23.7 Å². The first-order valence-corrected chi connectivity index (χ1v) is 15.1.